The van der Waals surface area contributed by atoms with Crippen molar-refractivity contribution in [3.63, 3.8) is 0 Å². The number of amides is 1. The number of pyridine rings is 1. The van der Waals surface area contributed by atoms with Crippen LogP contribution in [0.5, 0.6) is 0 Å². The van der Waals surface area contributed by atoms with Gasteiger partial charge in [0.15, 0.2) is 0 Å². The molecule has 0 aromatic carbocycles. The normalized spacial score (nSPS) is 11.8. The monoisotopic (exact) mass is 266 g/mol. The standard InChI is InChI=1S/C13H18N2O4/c1-9(13(18)19-4)8-15(3)12(17)10-5-6-14(2)11(16)7-10/h5-7,9H,8H2,1-4H3. The Kier molecular flexibility index (Phi) is 4.86. The molecule has 6 heteroatoms. The summed E-state index contributed by atoms with van der Waals surface area (Å²) in [6, 6.07) is 2.85. The number of esters is 1. The minimum atomic E-state index is -0.412. The van der Waals surface area contributed by atoms with Crippen LogP contribution in [0.3, 0.4) is 0 Å². The van der Waals surface area contributed by atoms with Gasteiger partial charge in [-0.2, -0.15) is 0 Å². The Labute approximate surface area is 111 Å². The third-order valence-corrected chi connectivity index (χ3v) is 2.85. The van der Waals surface area contributed by atoms with E-state index < -0.39 is 5.92 Å². The fourth-order valence-electron chi connectivity index (χ4n) is 1.67. The molecular formula is C13H18N2O4. The maximum absolute atomic E-state index is 12.1. The van der Waals surface area contributed by atoms with Gasteiger partial charge < -0.3 is 14.2 Å². The first kappa shape index (κ1) is 14.9. The summed E-state index contributed by atoms with van der Waals surface area (Å²) in [7, 11) is 4.50. The van der Waals surface area contributed by atoms with Crippen molar-refractivity contribution in [2.45, 2.75) is 6.92 Å². The topological polar surface area (TPSA) is 68.6 Å². The maximum atomic E-state index is 12.1. The quantitative estimate of drug-likeness (QED) is 0.733. The summed E-state index contributed by atoms with van der Waals surface area (Å²) >= 11 is 0. The van der Waals surface area contributed by atoms with E-state index in [1.165, 1.54) is 28.8 Å². The summed E-state index contributed by atoms with van der Waals surface area (Å²) in [6.45, 7) is 1.92. The highest BCUT2D eigenvalue weighted by Crippen LogP contribution is 2.05. The second kappa shape index (κ2) is 6.17. The van der Waals surface area contributed by atoms with Crippen molar-refractivity contribution in [1.82, 2.24) is 9.47 Å². The molecule has 0 fully saturated rings. The first-order chi connectivity index (χ1) is 8.86. The molecule has 1 heterocycles. The number of ether oxygens (including phenoxy) is 1. The molecule has 0 aliphatic rings. The van der Waals surface area contributed by atoms with E-state index in [2.05, 4.69) is 4.74 Å². The number of aromatic nitrogens is 1. The lowest BCUT2D eigenvalue weighted by Gasteiger charge is -2.20. The highest BCUT2D eigenvalue weighted by atomic mass is 16.5. The molecule has 0 N–H and O–H groups in total. The van der Waals surface area contributed by atoms with E-state index in [-0.39, 0.29) is 24.0 Å². The van der Waals surface area contributed by atoms with E-state index in [1.54, 1.807) is 27.1 Å². The van der Waals surface area contributed by atoms with E-state index in [0.29, 0.717) is 5.56 Å². The van der Waals surface area contributed by atoms with Crippen molar-refractivity contribution in [3.05, 3.63) is 34.2 Å². The Balaban J connectivity index is 2.79. The van der Waals surface area contributed by atoms with Crippen molar-refractivity contribution < 1.29 is 14.3 Å². The Morgan fingerprint density at radius 2 is 2.11 bits per heavy atom. The van der Waals surface area contributed by atoms with Crippen LogP contribution in [0.15, 0.2) is 23.1 Å². The predicted molar refractivity (Wildman–Crippen MR) is 69.8 cm³/mol. The molecule has 104 valence electrons. The molecule has 0 spiro atoms. The third-order valence-electron chi connectivity index (χ3n) is 2.85. The second-order valence-electron chi connectivity index (χ2n) is 4.47. The molecule has 0 radical (unpaired) electrons. The van der Waals surface area contributed by atoms with Crippen LogP contribution in [0.25, 0.3) is 0 Å². The number of hydrogen-bond donors (Lipinski definition) is 0. The summed E-state index contributed by atoms with van der Waals surface area (Å²) < 4.78 is 5.99. The summed E-state index contributed by atoms with van der Waals surface area (Å²) in [4.78, 5) is 36.2. The average molecular weight is 266 g/mol. The number of nitrogens with zero attached hydrogens (tertiary/aromatic N) is 2. The fourth-order valence-corrected chi connectivity index (χ4v) is 1.67. The first-order valence-corrected chi connectivity index (χ1v) is 5.86. The number of aryl methyl sites for hydroxylation is 1. The number of carbonyl (C=O) groups is 2. The average Bonchev–Trinajstić information content (AvgIpc) is 2.39. The summed E-state index contributed by atoms with van der Waals surface area (Å²) in [5.74, 6) is -1.08. The van der Waals surface area contributed by atoms with E-state index in [1.807, 2.05) is 0 Å². The van der Waals surface area contributed by atoms with E-state index in [4.69, 9.17) is 0 Å². The lowest BCUT2D eigenvalue weighted by atomic mass is 10.1. The minimum Gasteiger partial charge on any atom is -0.469 e. The van der Waals surface area contributed by atoms with Gasteiger partial charge in [0.2, 0.25) is 0 Å². The molecular weight excluding hydrogens is 248 g/mol. The minimum absolute atomic E-state index is 0.237. The fraction of sp³-hybridized carbons (Fsp3) is 0.462. The van der Waals surface area contributed by atoms with Gasteiger partial charge in [-0.15, -0.1) is 0 Å². The van der Waals surface area contributed by atoms with Gasteiger partial charge in [-0.25, -0.2) is 0 Å². The third kappa shape index (κ3) is 3.67. The molecule has 1 rings (SSSR count). The zero-order valence-corrected chi connectivity index (χ0v) is 11.5. The molecule has 0 aliphatic heterocycles. The molecule has 1 aromatic heterocycles. The van der Waals surface area contributed by atoms with Crippen molar-refractivity contribution in [1.29, 1.82) is 0 Å². The molecule has 1 aromatic rings. The van der Waals surface area contributed by atoms with Crippen molar-refractivity contribution >= 4 is 11.9 Å². The van der Waals surface area contributed by atoms with Gasteiger partial charge in [-0.05, 0) is 6.07 Å². The molecule has 0 saturated carbocycles. The Bertz CT molecular complexity index is 536. The highest BCUT2D eigenvalue weighted by molar-refractivity contribution is 5.94. The van der Waals surface area contributed by atoms with Crippen molar-refractivity contribution in [3.8, 4) is 0 Å². The van der Waals surface area contributed by atoms with Crippen LogP contribution < -0.4 is 5.56 Å². The lowest BCUT2D eigenvalue weighted by molar-refractivity contribution is -0.145. The van der Waals surface area contributed by atoms with Crippen LogP contribution in [0.1, 0.15) is 17.3 Å². The number of methoxy groups -OCH3 is 1. The largest absolute Gasteiger partial charge is 0.469 e. The molecule has 0 bridgehead atoms. The molecule has 1 amide bonds. The summed E-state index contributed by atoms with van der Waals surface area (Å²) in [5, 5.41) is 0. The van der Waals surface area contributed by atoms with Crippen LogP contribution in [0.4, 0.5) is 0 Å². The second-order valence-corrected chi connectivity index (χ2v) is 4.47. The predicted octanol–water partition coefficient (Wildman–Crippen LogP) is 0.266. The molecule has 0 aliphatic carbocycles. The Morgan fingerprint density at radius 1 is 1.47 bits per heavy atom. The molecule has 1 unspecified atom stereocenters. The van der Waals surface area contributed by atoms with Gasteiger partial charge in [0.1, 0.15) is 0 Å². The first-order valence-electron chi connectivity index (χ1n) is 5.86. The van der Waals surface area contributed by atoms with Gasteiger partial charge in [0, 0.05) is 38.5 Å². The number of hydrogen-bond acceptors (Lipinski definition) is 4. The Hall–Kier alpha value is -2.11. The molecule has 19 heavy (non-hydrogen) atoms. The van der Waals surface area contributed by atoms with Crippen molar-refractivity contribution in [2.24, 2.45) is 13.0 Å². The van der Waals surface area contributed by atoms with Crippen LogP contribution in [0, 0.1) is 5.92 Å². The zero-order chi connectivity index (χ0) is 14.6. The highest BCUT2D eigenvalue weighted by Gasteiger charge is 2.19. The van der Waals surface area contributed by atoms with Gasteiger partial charge in [-0.3, -0.25) is 14.4 Å². The Morgan fingerprint density at radius 3 is 2.63 bits per heavy atom. The van der Waals surface area contributed by atoms with E-state index in [9.17, 15) is 14.4 Å². The van der Waals surface area contributed by atoms with Crippen LogP contribution in [-0.4, -0.2) is 42.0 Å². The lowest BCUT2D eigenvalue weighted by Crippen LogP contribution is -2.34. The van der Waals surface area contributed by atoms with Crippen molar-refractivity contribution in [2.75, 3.05) is 20.7 Å². The van der Waals surface area contributed by atoms with Gasteiger partial charge in [0.25, 0.3) is 11.5 Å². The molecule has 0 saturated heterocycles. The van der Waals surface area contributed by atoms with Gasteiger partial charge >= 0.3 is 5.97 Å². The zero-order valence-electron chi connectivity index (χ0n) is 11.5. The number of rotatable bonds is 4. The SMILES string of the molecule is COC(=O)C(C)CN(C)C(=O)c1ccn(C)c(=O)c1. The smallest absolute Gasteiger partial charge is 0.310 e. The molecule has 1 atom stereocenters. The van der Waals surface area contributed by atoms with E-state index >= 15 is 0 Å². The molecule has 6 nitrogen and oxygen atoms in total. The van der Waals surface area contributed by atoms with E-state index in [0.717, 1.165) is 0 Å². The van der Waals surface area contributed by atoms with Crippen LogP contribution in [0.2, 0.25) is 0 Å². The summed E-state index contributed by atoms with van der Waals surface area (Å²) in [5.41, 5.74) is 0.0583. The van der Waals surface area contributed by atoms with Gasteiger partial charge in [0.05, 0.1) is 13.0 Å². The summed E-state index contributed by atoms with van der Waals surface area (Å²) in [6.07, 6.45) is 1.53. The number of carbonyl (C=O) groups excluding carboxylic acids is 2. The maximum Gasteiger partial charge on any atom is 0.310 e. The van der Waals surface area contributed by atoms with Gasteiger partial charge in [-0.1, -0.05) is 6.92 Å². The van der Waals surface area contributed by atoms with Crippen LogP contribution in [-0.2, 0) is 16.6 Å². The van der Waals surface area contributed by atoms with Crippen LogP contribution >= 0.6 is 0 Å².